The Morgan fingerprint density at radius 3 is 2.15 bits per heavy atom. The van der Waals surface area contributed by atoms with Crippen LogP contribution in [0.5, 0.6) is 17.2 Å². The largest absolute Gasteiger partial charge is 0.490 e. The van der Waals surface area contributed by atoms with Gasteiger partial charge in [0.2, 0.25) is 0 Å². The number of nitrogens with two attached hydrogens (primary N) is 1. The molecule has 2 rings (SSSR count). The standard InChI is InChI=1S/C23H33NO3/c1-6-25-22-16-18(11-12-24)8-10-21(22)27-14-13-26-20-9-7-17(2)15-19(20)23(3,4)5/h7-10,15-16H,6,11-14,24H2,1-5H3. The fourth-order valence-electron chi connectivity index (χ4n) is 2.92. The van der Waals surface area contributed by atoms with Crippen LogP contribution in [-0.4, -0.2) is 26.4 Å². The second kappa shape index (κ2) is 9.65. The lowest BCUT2D eigenvalue weighted by Gasteiger charge is -2.23. The summed E-state index contributed by atoms with van der Waals surface area (Å²) in [6, 6.07) is 12.3. The highest BCUT2D eigenvalue weighted by molar-refractivity contribution is 5.43. The molecule has 0 unspecified atom stereocenters. The molecule has 0 saturated carbocycles. The molecule has 0 aliphatic carbocycles. The predicted octanol–water partition coefficient (Wildman–Crippen LogP) is 4.65. The summed E-state index contributed by atoms with van der Waals surface area (Å²) in [6.45, 7) is 12.8. The normalized spacial score (nSPS) is 11.3. The highest BCUT2D eigenvalue weighted by Crippen LogP contribution is 2.32. The van der Waals surface area contributed by atoms with Gasteiger partial charge in [-0.05, 0) is 61.6 Å². The molecule has 0 atom stereocenters. The quantitative estimate of drug-likeness (QED) is 0.652. The van der Waals surface area contributed by atoms with Crippen LogP contribution in [0, 0.1) is 6.92 Å². The van der Waals surface area contributed by atoms with Crippen LogP contribution in [0.25, 0.3) is 0 Å². The Labute approximate surface area is 163 Å². The Balaban J connectivity index is 1.99. The van der Waals surface area contributed by atoms with Crippen LogP contribution in [0.2, 0.25) is 0 Å². The number of benzene rings is 2. The van der Waals surface area contributed by atoms with Gasteiger partial charge in [-0.1, -0.05) is 44.5 Å². The van der Waals surface area contributed by atoms with Crippen molar-refractivity contribution in [3.05, 3.63) is 53.1 Å². The van der Waals surface area contributed by atoms with E-state index in [1.165, 1.54) is 11.1 Å². The number of rotatable bonds is 9. The molecule has 4 nitrogen and oxygen atoms in total. The third kappa shape index (κ3) is 6.17. The molecule has 0 spiro atoms. The first-order valence-electron chi connectivity index (χ1n) is 9.67. The third-order valence-electron chi connectivity index (χ3n) is 4.28. The second-order valence-corrected chi connectivity index (χ2v) is 7.70. The maximum atomic E-state index is 6.02. The lowest BCUT2D eigenvalue weighted by molar-refractivity contribution is 0.206. The molecule has 4 heteroatoms. The van der Waals surface area contributed by atoms with E-state index in [-0.39, 0.29) is 5.41 Å². The Kier molecular flexibility index (Phi) is 7.55. The minimum absolute atomic E-state index is 0.0309. The first kappa shape index (κ1) is 21.1. The fraction of sp³-hybridized carbons (Fsp3) is 0.478. The predicted molar refractivity (Wildman–Crippen MR) is 111 cm³/mol. The smallest absolute Gasteiger partial charge is 0.161 e. The number of aryl methyl sites for hydroxylation is 1. The average Bonchev–Trinajstić information content (AvgIpc) is 2.61. The Hall–Kier alpha value is -2.20. The Morgan fingerprint density at radius 1 is 0.852 bits per heavy atom. The SMILES string of the molecule is CCOc1cc(CCN)ccc1OCCOc1ccc(C)cc1C(C)(C)C. The topological polar surface area (TPSA) is 53.7 Å². The monoisotopic (exact) mass is 371 g/mol. The van der Waals surface area contributed by atoms with Crippen molar-refractivity contribution < 1.29 is 14.2 Å². The van der Waals surface area contributed by atoms with E-state index in [1.807, 2.05) is 31.2 Å². The van der Waals surface area contributed by atoms with Gasteiger partial charge in [-0.2, -0.15) is 0 Å². The van der Waals surface area contributed by atoms with E-state index in [2.05, 4.69) is 39.8 Å². The van der Waals surface area contributed by atoms with Gasteiger partial charge in [0.05, 0.1) is 6.61 Å². The van der Waals surface area contributed by atoms with E-state index in [4.69, 9.17) is 19.9 Å². The maximum absolute atomic E-state index is 6.02. The minimum atomic E-state index is 0.0309. The van der Waals surface area contributed by atoms with Crippen LogP contribution in [0.4, 0.5) is 0 Å². The average molecular weight is 372 g/mol. The van der Waals surface area contributed by atoms with E-state index < -0.39 is 0 Å². The molecule has 0 aromatic heterocycles. The number of hydrogen-bond acceptors (Lipinski definition) is 4. The summed E-state index contributed by atoms with van der Waals surface area (Å²) in [6.07, 6.45) is 0.826. The first-order valence-corrected chi connectivity index (χ1v) is 9.67. The van der Waals surface area contributed by atoms with Crippen molar-refractivity contribution in [1.82, 2.24) is 0 Å². The summed E-state index contributed by atoms with van der Waals surface area (Å²) in [5, 5.41) is 0. The van der Waals surface area contributed by atoms with Gasteiger partial charge < -0.3 is 19.9 Å². The van der Waals surface area contributed by atoms with E-state index in [1.54, 1.807) is 0 Å². The van der Waals surface area contributed by atoms with Crippen molar-refractivity contribution >= 4 is 0 Å². The molecule has 0 fully saturated rings. The summed E-state index contributed by atoms with van der Waals surface area (Å²) in [5.41, 5.74) is 9.27. The lowest BCUT2D eigenvalue weighted by Crippen LogP contribution is -2.16. The van der Waals surface area contributed by atoms with Gasteiger partial charge in [-0.25, -0.2) is 0 Å². The highest BCUT2D eigenvalue weighted by Gasteiger charge is 2.19. The van der Waals surface area contributed by atoms with Crippen molar-refractivity contribution in [2.75, 3.05) is 26.4 Å². The van der Waals surface area contributed by atoms with Crippen molar-refractivity contribution in [3.8, 4) is 17.2 Å². The third-order valence-corrected chi connectivity index (χ3v) is 4.28. The van der Waals surface area contributed by atoms with E-state index in [0.29, 0.717) is 26.4 Å². The molecule has 0 radical (unpaired) electrons. The van der Waals surface area contributed by atoms with Gasteiger partial charge >= 0.3 is 0 Å². The van der Waals surface area contributed by atoms with E-state index in [0.717, 1.165) is 29.2 Å². The fourth-order valence-corrected chi connectivity index (χ4v) is 2.92. The molecule has 2 aromatic rings. The molecule has 0 saturated heterocycles. The van der Waals surface area contributed by atoms with Crippen LogP contribution in [0.3, 0.4) is 0 Å². The van der Waals surface area contributed by atoms with Crippen molar-refractivity contribution in [3.63, 3.8) is 0 Å². The van der Waals surface area contributed by atoms with Gasteiger partial charge in [-0.3, -0.25) is 0 Å². The molecule has 0 bridgehead atoms. The number of hydrogen-bond donors (Lipinski definition) is 1. The molecule has 27 heavy (non-hydrogen) atoms. The van der Waals surface area contributed by atoms with Gasteiger partial charge in [-0.15, -0.1) is 0 Å². The first-order chi connectivity index (χ1) is 12.8. The van der Waals surface area contributed by atoms with Crippen LogP contribution < -0.4 is 19.9 Å². The zero-order chi connectivity index (χ0) is 19.9. The molecule has 0 amide bonds. The summed E-state index contributed by atoms with van der Waals surface area (Å²) in [7, 11) is 0. The molecular formula is C23H33NO3. The van der Waals surface area contributed by atoms with Crippen LogP contribution in [0.15, 0.2) is 36.4 Å². The molecule has 2 aromatic carbocycles. The molecule has 0 aliphatic rings. The van der Waals surface area contributed by atoms with Crippen molar-refractivity contribution in [2.45, 2.75) is 46.5 Å². The van der Waals surface area contributed by atoms with Crippen molar-refractivity contribution in [1.29, 1.82) is 0 Å². The van der Waals surface area contributed by atoms with Crippen LogP contribution in [0.1, 0.15) is 44.4 Å². The molecule has 0 aliphatic heterocycles. The highest BCUT2D eigenvalue weighted by atomic mass is 16.5. The van der Waals surface area contributed by atoms with Gasteiger partial charge in [0.25, 0.3) is 0 Å². The van der Waals surface area contributed by atoms with E-state index >= 15 is 0 Å². The van der Waals surface area contributed by atoms with Crippen LogP contribution >= 0.6 is 0 Å². The van der Waals surface area contributed by atoms with Crippen molar-refractivity contribution in [2.24, 2.45) is 5.73 Å². The summed E-state index contributed by atoms with van der Waals surface area (Å²) < 4.78 is 17.6. The molecule has 0 heterocycles. The minimum Gasteiger partial charge on any atom is -0.490 e. The summed E-state index contributed by atoms with van der Waals surface area (Å²) in [5.74, 6) is 2.41. The Bertz CT molecular complexity index is 735. The maximum Gasteiger partial charge on any atom is 0.161 e. The second-order valence-electron chi connectivity index (χ2n) is 7.70. The van der Waals surface area contributed by atoms with Gasteiger partial charge in [0.15, 0.2) is 11.5 Å². The van der Waals surface area contributed by atoms with Gasteiger partial charge in [0, 0.05) is 0 Å². The Morgan fingerprint density at radius 2 is 1.52 bits per heavy atom. The number of ether oxygens (including phenoxy) is 3. The summed E-state index contributed by atoms with van der Waals surface area (Å²) in [4.78, 5) is 0. The zero-order valence-corrected chi connectivity index (χ0v) is 17.3. The van der Waals surface area contributed by atoms with E-state index in [9.17, 15) is 0 Å². The molecule has 148 valence electrons. The van der Waals surface area contributed by atoms with Crippen LogP contribution in [-0.2, 0) is 11.8 Å². The zero-order valence-electron chi connectivity index (χ0n) is 17.3. The van der Waals surface area contributed by atoms with Gasteiger partial charge in [0.1, 0.15) is 19.0 Å². The molecular weight excluding hydrogens is 338 g/mol. The molecule has 2 N–H and O–H groups in total. The summed E-state index contributed by atoms with van der Waals surface area (Å²) >= 11 is 0. The lowest BCUT2D eigenvalue weighted by atomic mass is 9.85.